The summed E-state index contributed by atoms with van der Waals surface area (Å²) in [5.41, 5.74) is 8.28. The molecule has 0 radical (unpaired) electrons. The average molecular weight is 172 g/mol. The number of fused-ring (bicyclic) bond motifs is 1. The van der Waals surface area contributed by atoms with Gasteiger partial charge in [-0.2, -0.15) is 5.26 Å². The van der Waals surface area contributed by atoms with E-state index in [1.54, 1.807) is 0 Å². The van der Waals surface area contributed by atoms with Gasteiger partial charge in [0, 0.05) is 6.04 Å². The van der Waals surface area contributed by atoms with Crippen LogP contribution in [0, 0.1) is 11.3 Å². The van der Waals surface area contributed by atoms with Gasteiger partial charge < -0.3 is 5.73 Å². The fourth-order valence-corrected chi connectivity index (χ4v) is 1.98. The first-order valence-electron chi connectivity index (χ1n) is 4.54. The first kappa shape index (κ1) is 8.28. The smallest absolute Gasteiger partial charge is 0.0730 e. The van der Waals surface area contributed by atoms with E-state index in [1.165, 1.54) is 11.1 Å². The minimum absolute atomic E-state index is 0.0000463. The van der Waals surface area contributed by atoms with Crippen molar-refractivity contribution in [1.29, 1.82) is 5.26 Å². The number of nitriles is 1. The minimum Gasteiger partial charge on any atom is -0.327 e. The molecule has 0 saturated heterocycles. The fraction of sp³-hybridized carbons (Fsp3) is 0.364. The first-order valence-corrected chi connectivity index (χ1v) is 4.54. The van der Waals surface area contributed by atoms with Crippen LogP contribution in [0.1, 0.15) is 23.5 Å². The number of hydrogen-bond donors (Lipinski definition) is 1. The summed E-state index contributed by atoms with van der Waals surface area (Å²) in [5, 5.41) is 8.95. The van der Waals surface area contributed by atoms with Gasteiger partial charge in [0.15, 0.2) is 0 Å². The summed E-state index contributed by atoms with van der Waals surface area (Å²) < 4.78 is 0. The predicted molar refractivity (Wildman–Crippen MR) is 51.1 cm³/mol. The molecule has 2 unspecified atom stereocenters. The molecule has 0 aliphatic heterocycles. The third-order valence-electron chi connectivity index (χ3n) is 2.61. The van der Waals surface area contributed by atoms with Crippen LogP contribution in [0.5, 0.6) is 0 Å². The molecule has 2 rings (SSSR count). The lowest BCUT2D eigenvalue weighted by Gasteiger charge is -2.24. The standard InChI is InChI=1S/C11H12N2/c12-7-9-6-10(13)5-8-3-1-2-4-11(8)9/h1-4,9-10H,5-6,13H2. The summed E-state index contributed by atoms with van der Waals surface area (Å²) in [6.45, 7) is 0. The molecule has 2 heteroatoms. The van der Waals surface area contributed by atoms with Crippen molar-refractivity contribution >= 4 is 0 Å². The van der Waals surface area contributed by atoms with Crippen LogP contribution in [0.25, 0.3) is 0 Å². The molecule has 1 aromatic rings. The topological polar surface area (TPSA) is 49.8 Å². The second-order valence-corrected chi connectivity index (χ2v) is 3.58. The van der Waals surface area contributed by atoms with Gasteiger partial charge in [-0.3, -0.25) is 0 Å². The second-order valence-electron chi connectivity index (χ2n) is 3.58. The van der Waals surface area contributed by atoms with E-state index in [0.29, 0.717) is 0 Å². The van der Waals surface area contributed by atoms with Crippen LogP contribution in [0.2, 0.25) is 0 Å². The Kier molecular flexibility index (Phi) is 2.03. The molecule has 0 saturated carbocycles. The van der Waals surface area contributed by atoms with E-state index >= 15 is 0 Å². The Morgan fingerprint density at radius 2 is 2.15 bits per heavy atom. The maximum atomic E-state index is 8.95. The van der Waals surface area contributed by atoms with Gasteiger partial charge in [-0.1, -0.05) is 24.3 Å². The molecule has 1 aliphatic rings. The van der Waals surface area contributed by atoms with Crippen molar-refractivity contribution in [3.63, 3.8) is 0 Å². The maximum Gasteiger partial charge on any atom is 0.0730 e. The van der Waals surface area contributed by atoms with Crippen molar-refractivity contribution in [3.05, 3.63) is 35.4 Å². The third kappa shape index (κ3) is 1.43. The average Bonchev–Trinajstić information content (AvgIpc) is 2.16. The summed E-state index contributed by atoms with van der Waals surface area (Å²) >= 11 is 0. The van der Waals surface area contributed by atoms with Gasteiger partial charge in [-0.15, -0.1) is 0 Å². The number of benzene rings is 1. The molecule has 0 fully saturated rings. The molecular weight excluding hydrogens is 160 g/mol. The molecule has 0 heterocycles. The van der Waals surface area contributed by atoms with Crippen molar-refractivity contribution in [2.75, 3.05) is 0 Å². The molecule has 1 aromatic carbocycles. The summed E-state index contributed by atoms with van der Waals surface area (Å²) in [6, 6.07) is 10.6. The largest absolute Gasteiger partial charge is 0.327 e. The molecule has 2 nitrogen and oxygen atoms in total. The molecule has 0 aromatic heterocycles. The summed E-state index contributed by atoms with van der Waals surface area (Å²) in [7, 11) is 0. The Balaban J connectivity index is 2.44. The first-order chi connectivity index (χ1) is 6.31. The Morgan fingerprint density at radius 3 is 2.92 bits per heavy atom. The van der Waals surface area contributed by atoms with Crippen molar-refractivity contribution < 1.29 is 0 Å². The molecular formula is C11H12N2. The zero-order chi connectivity index (χ0) is 9.26. The zero-order valence-corrected chi connectivity index (χ0v) is 7.40. The van der Waals surface area contributed by atoms with Crippen LogP contribution in [0.15, 0.2) is 24.3 Å². The quantitative estimate of drug-likeness (QED) is 0.645. The fourth-order valence-electron chi connectivity index (χ4n) is 1.98. The zero-order valence-electron chi connectivity index (χ0n) is 7.40. The van der Waals surface area contributed by atoms with Crippen molar-refractivity contribution in [2.24, 2.45) is 5.73 Å². The highest BCUT2D eigenvalue weighted by Crippen LogP contribution is 2.29. The van der Waals surface area contributed by atoms with Crippen molar-refractivity contribution in [1.82, 2.24) is 0 Å². The Labute approximate surface area is 78.0 Å². The van der Waals surface area contributed by atoms with Crippen LogP contribution < -0.4 is 5.73 Å². The predicted octanol–water partition coefficient (Wildman–Crippen LogP) is 1.57. The van der Waals surface area contributed by atoms with Crippen LogP contribution in [-0.4, -0.2) is 6.04 Å². The van der Waals surface area contributed by atoms with Gasteiger partial charge in [0.2, 0.25) is 0 Å². The van der Waals surface area contributed by atoms with Gasteiger partial charge in [-0.25, -0.2) is 0 Å². The van der Waals surface area contributed by atoms with Gasteiger partial charge in [0.05, 0.1) is 12.0 Å². The van der Waals surface area contributed by atoms with E-state index in [4.69, 9.17) is 11.0 Å². The molecule has 2 N–H and O–H groups in total. The highest BCUT2D eigenvalue weighted by molar-refractivity contribution is 5.37. The second kappa shape index (κ2) is 3.20. The van der Waals surface area contributed by atoms with Gasteiger partial charge >= 0.3 is 0 Å². The van der Waals surface area contributed by atoms with Crippen molar-refractivity contribution in [3.8, 4) is 6.07 Å². The van der Waals surface area contributed by atoms with Gasteiger partial charge in [0.25, 0.3) is 0 Å². The van der Waals surface area contributed by atoms with E-state index < -0.39 is 0 Å². The number of rotatable bonds is 0. The van der Waals surface area contributed by atoms with E-state index in [2.05, 4.69) is 12.1 Å². The number of nitrogens with two attached hydrogens (primary N) is 1. The summed E-state index contributed by atoms with van der Waals surface area (Å²) in [6.07, 6.45) is 1.71. The highest BCUT2D eigenvalue weighted by atomic mass is 14.6. The number of hydrogen-bond acceptors (Lipinski definition) is 2. The lowest BCUT2D eigenvalue weighted by Crippen LogP contribution is -2.29. The molecule has 0 amide bonds. The SMILES string of the molecule is N#CC1CC(N)Cc2ccccc21. The highest BCUT2D eigenvalue weighted by Gasteiger charge is 2.23. The van der Waals surface area contributed by atoms with E-state index in [0.717, 1.165) is 12.8 Å². The molecule has 13 heavy (non-hydrogen) atoms. The summed E-state index contributed by atoms with van der Waals surface area (Å²) in [5.74, 6) is -0.0000463. The van der Waals surface area contributed by atoms with Crippen LogP contribution in [0.4, 0.5) is 0 Å². The van der Waals surface area contributed by atoms with Crippen LogP contribution in [-0.2, 0) is 6.42 Å². The maximum absolute atomic E-state index is 8.95. The van der Waals surface area contributed by atoms with Crippen LogP contribution in [0.3, 0.4) is 0 Å². The Morgan fingerprint density at radius 1 is 1.38 bits per heavy atom. The molecule has 66 valence electrons. The normalized spacial score (nSPS) is 26.2. The Bertz CT molecular complexity index is 351. The minimum atomic E-state index is -0.0000463. The Hall–Kier alpha value is -1.33. The lowest BCUT2D eigenvalue weighted by molar-refractivity contribution is 0.544. The molecule has 1 aliphatic carbocycles. The van der Waals surface area contributed by atoms with E-state index in [-0.39, 0.29) is 12.0 Å². The van der Waals surface area contributed by atoms with Crippen LogP contribution >= 0.6 is 0 Å². The van der Waals surface area contributed by atoms with E-state index in [9.17, 15) is 0 Å². The van der Waals surface area contributed by atoms with Crippen molar-refractivity contribution in [2.45, 2.75) is 24.8 Å². The monoisotopic (exact) mass is 172 g/mol. The molecule has 2 atom stereocenters. The summed E-state index contributed by atoms with van der Waals surface area (Å²) in [4.78, 5) is 0. The number of nitrogens with zero attached hydrogens (tertiary/aromatic N) is 1. The van der Waals surface area contributed by atoms with Gasteiger partial charge in [-0.05, 0) is 24.0 Å². The lowest BCUT2D eigenvalue weighted by atomic mass is 9.81. The molecule has 0 spiro atoms. The third-order valence-corrected chi connectivity index (χ3v) is 2.61. The van der Waals surface area contributed by atoms with E-state index in [1.807, 2.05) is 18.2 Å². The van der Waals surface area contributed by atoms with Gasteiger partial charge in [0.1, 0.15) is 0 Å². The molecule has 0 bridgehead atoms.